The summed E-state index contributed by atoms with van der Waals surface area (Å²) in [6, 6.07) is 11.9. The molecule has 0 radical (unpaired) electrons. The summed E-state index contributed by atoms with van der Waals surface area (Å²) in [5.74, 6) is 0.153. The van der Waals surface area contributed by atoms with Crippen LogP contribution in [0.4, 0.5) is 5.69 Å². The molecular formula is C23H30ClN3O3S. The van der Waals surface area contributed by atoms with Gasteiger partial charge in [-0.25, -0.2) is 8.42 Å². The van der Waals surface area contributed by atoms with Crippen LogP contribution in [0.5, 0.6) is 0 Å². The highest BCUT2D eigenvalue weighted by Crippen LogP contribution is 2.29. The Morgan fingerprint density at radius 3 is 2.55 bits per heavy atom. The molecule has 0 saturated carbocycles. The number of aryl methyl sites for hydroxylation is 1. The Morgan fingerprint density at radius 1 is 1.23 bits per heavy atom. The van der Waals surface area contributed by atoms with Crippen LogP contribution in [0.3, 0.4) is 0 Å². The zero-order valence-electron chi connectivity index (χ0n) is 18.4. The zero-order valence-corrected chi connectivity index (χ0v) is 20.0. The highest BCUT2D eigenvalue weighted by molar-refractivity contribution is 7.89. The summed E-state index contributed by atoms with van der Waals surface area (Å²) in [5.41, 5.74) is 2.78. The van der Waals surface area contributed by atoms with Gasteiger partial charge in [-0.3, -0.25) is 4.79 Å². The van der Waals surface area contributed by atoms with Crippen molar-refractivity contribution in [2.45, 2.75) is 38.1 Å². The van der Waals surface area contributed by atoms with Gasteiger partial charge in [-0.05, 0) is 75.1 Å². The molecule has 0 spiro atoms. The van der Waals surface area contributed by atoms with Crippen LogP contribution in [0.2, 0.25) is 5.02 Å². The lowest BCUT2D eigenvalue weighted by Gasteiger charge is -2.21. The van der Waals surface area contributed by atoms with E-state index in [4.69, 9.17) is 11.6 Å². The van der Waals surface area contributed by atoms with Crippen molar-refractivity contribution >= 4 is 33.2 Å². The summed E-state index contributed by atoms with van der Waals surface area (Å²) in [7, 11) is -2.01. The van der Waals surface area contributed by atoms with Crippen molar-refractivity contribution in [3.8, 4) is 0 Å². The molecule has 6 nitrogen and oxygen atoms in total. The largest absolute Gasteiger partial charge is 0.371 e. The molecule has 1 amide bonds. The maximum atomic E-state index is 12.6. The fourth-order valence-electron chi connectivity index (χ4n) is 3.70. The number of nitrogens with zero attached hydrogens (tertiary/aromatic N) is 2. The molecule has 1 N–H and O–H groups in total. The van der Waals surface area contributed by atoms with E-state index in [1.54, 1.807) is 19.2 Å². The van der Waals surface area contributed by atoms with E-state index in [1.807, 2.05) is 32.0 Å². The van der Waals surface area contributed by atoms with Crippen molar-refractivity contribution in [1.29, 1.82) is 0 Å². The van der Waals surface area contributed by atoms with Gasteiger partial charge < -0.3 is 10.2 Å². The van der Waals surface area contributed by atoms with Crippen molar-refractivity contribution in [3.63, 3.8) is 0 Å². The lowest BCUT2D eigenvalue weighted by Crippen LogP contribution is -2.33. The number of rotatable bonds is 7. The minimum Gasteiger partial charge on any atom is -0.371 e. The average Bonchev–Trinajstić information content (AvgIpc) is 3.22. The monoisotopic (exact) mass is 463 g/mol. The van der Waals surface area contributed by atoms with Gasteiger partial charge in [0.05, 0.1) is 4.90 Å². The van der Waals surface area contributed by atoms with Crippen molar-refractivity contribution in [2.24, 2.45) is 5.92 Å². The van der Waals surface area contributed by atoms with E-state index in [9.17, 15) is 13.2 Å². The fourth-order valence-corrected chi connectivity index (χ4v) is 5.24. The van der Waals surface area contributed by atoms with Crippen LogP contribution in [0.15, 0.2) is 47.4 Å². The predicted molar refractivity (Wildman–Crippen MR) is 125 cm³/mol. The van der Waals surface area contributed by atoms with Crippen LogP contribution in [-0.2, 0) is 10.0 Å². The third-order valence-electron chi connectivity index (χ3n) is 5.87. The Bertz CT molecular complexity index is 1040. The fraction of sp³-hybridized carbons (Fsp3) is 0.435. The first-order valence-corrected chi connectivity index (χ1v) is 12.3. The van der Waals surface area contributed by atoms with Gasteiger partial charge in [0.1, 0.15) is 0 Å². The first-order chi connectivity index (χ1) is 14.6. The number of nitrogens with one attached hydrogen (secondary N) is 1. The molecule has 1 unspecified atom stereocenters. The second-order valence-corrected chi connectivity index (χ2v) is 10.8. The van der Waals surface area contributed by atoms with Gasteiger partial charge in [-0.2, -0.15) is 4.31 Å². The second-order valence-electron chi connectivity index (χ2n) is 8.38. The molecule has 2 aromatic rings. The first kappa shape index (κ1) is 23.6. The smallest absolute Gasteiger partial charge is 0.251 e. The number of anilines is 1. The maximum absolute atomic E-state index is 12.6. The maximum Gasteiger partial charge on any atom is 0.251 e. The molecule has 1 fully saturated rings. The molecule has 1 atom stereocenters. The average molecular weight is 464 g/mol. The van der Waals surface area contributed by atoms with Gasteiger partial charge in [0.2, 0.25) is 10.0 Å². The summed E-state index contributed by atoms with van der Waals surface area (Å²) in [4.78, 5) is 15.0. The molecule has 2 aromatic carbocycles. The van der Waals surface area contributed by atoms with E-state index in [0.29, 0.717) is 18.0 Å². The standard InChI is InChI=1S/C23H30ClN3O3S/c1-16(2)26(4)31(29,30)21-9-6-19(7-10-21)23(28)25-14-18-11-12-27(15-18)22-13-20(24)8-5-17(22)3/h5-10,13,16,18H,11-12,14-15H2,1-4H3,(H,25,28). The Kier molecular flexibility index (Phi) is 7.29. The van der Waals surface area contributed by atoms with Gasteiger partial charge in [0.25, 0.3) is 5.91 Å². The number of sulfonamides is 1. The molecule has 31 heavy (non-hydrogen) atoms. The van der Waals surface area contributed by atoms with Crippen LogP contribution in [0.1, 0.15) is 36.2 Å². The molecule has 0 bridgehead atoms. The Labute approximate surface area is 190 Å². The van der Waals surface area contributed by atoms with E-state index >= 15 is 0 Å². The number of benzene rings is 2. The van der Waals surface area contributed by atoms with Gasteiger partial charge in [-0.15, -0.1) is 0 Å². The Morgan fingerprint density at radius 2 is 1.90 bits per heavy atom. The molecule has 0 aromatic heterocycles. The van der Waals surface area contributed by atoms with Crippen molar-refractivity contribution in [3.05, 3.63) is 58.6 Å². The van der Waals surface area contributed by atoms with Crippen LogP contribution in [-0.4, -0.2) is 51.4 Å². The minimum atomic E-state index is -3.56. The Hall–Kier alpha value is -2.09. The number of hydrogen-bond donors (Lipinski definition) is 1. The summed E-state index contributed by atoms with van der Waals surface area (Å²) >= 11 is 6.15. The topological polar surface area (TPSA) is 69.7 Å². The molecule has 1 heterocycles. The third kappa shape index (κ3) is 5.40. The van der Waals surface area contributed by atoms with Crippen molar-refractivity contribution in [2.75, 3.05) is 31.6 Å². The highest BCUT2D eigenvalue weighted by Gasteiger charge is 2.25. The summed E-state index contributed by atoms with van der Waals surface area (Å²) in [6.07, 6.45) is 0.991. The number of amides is 1. The van der Waals surface area contributed by atoms with Gasteiger partial charge in [0, 0.05) is 49.0 Å². The number of carbonyl (C=O) groups excluding carboxylic acids is 1. The van der Waals surface area contributed by atoms with Crippen molar-refractivity contribution in [1.82, 2.24) is 9.62 Å². The lowest BCUT2D eigenvalue weighted by atomic mass is 10.1. The summed E-state index contributed by atoms with van der Waals surface area (Å²) in [5, 5.41) is 3.71. The molecule has 1 saturated heterocycles. The Balaban J connectivity index is 1.57. The molecular weight excluding hydrogens is 434 g/mol. The molecule has 8 heteroatoms. The van der Waals surface area contributed by atoms with Gasteiger partial charge in [0.15, 0.2) is 0 Å². The predicted octanol–water partition coefficient (Wildman–Crippen LogP) is 3.93. The van der Waals surface area contributed by atoms with Crippen LogP contribution >= 0.6 is 11.6 Å². The van der Waals surface area contributed by atoms with E-state index in [-0.39, 0.29) is 16.8 Å². The SMILES string of the molecule is Cc1ccc(Cl)cc1N1CCC(CNC(=O)c2ccc(S(=O)(=O)N(C)C(C)C)cc2)C1. The van der Waals surface area contributed by atoms with E-state index in [1.165, 1.54) is 22.0 Å². The lowest BCUT2D eigenvalue weighted by molar-refractivity contribution is 0.0948. The highest BCUT2D eigenvalue weighted by atomic mass is 35.5. The zero-order chi connectivity index (χ0) is 22.8. The van der Waals surface area contributed by atoms with Crippen LogP contribution in [0, 0.1) is 12.8 Å². The van der Waals surface area contributed by atoms with Crippen LogP contribution in [0.25, 0.3) is 0 Å². The van der Waals surface area contributed by atoms with Gasteiger partial charge >= 0.3 is 0 Å². The summed E-state index contributed by atoms with van der Waals surface area (Å²) in [6.45, 7) is 8.07. The summed E-state index contributed by atoms with van der Waals surface area (Å²) < 4.78 is 26.4. The first-order valence-electron chi connectivity index (χ1n) is 10.5. The van der Waals surface area contributed by atoms with E-state index < -0.39 is 10.0 Å². The minimum absolute atomic E-state index is 0.144. The van der Waals surface area contributed by atoms with Gasteiger partial charge in [-0.1, -0.05) is 17.7 Å². The molecule has 0 aliphatic carbocycles. The van der Waals surface area contributed by atoms with E-state index in [0.717, 1.165) is 30.2 Å². The quantitative estimate of drug-likeness (QED) is 0.675. The molecule has 3 rings (SSSR count). The van der Waals surface area contributed by atoms with Crippen LogP contribution < -0.4 is 10.2 Å². The number of halogens is 1. The molecule has 1 aliphatic rings. The van der Waals surface area contributed by atoms with E-state index in [2.05, 4.69) is 17.1 Å². The number of carbonyl (C=O) groups is 1. The third-order valence-corrected chi connectivity index (χ3v) is 8.15. The second kappa shape index (κ2) is 9.59. The normalized spacial score (nSPS) is 16.9. The molecule has 1 aliphatic heterocycles. The molecule has 168 valence electrons. The van der Waals surface area contributed by atoms with Crippen molar-refractivity contribution < 1.29 is 13.2 Å². The number of hydrogen-bond acceptors (Lipinski definition) is 4.